The fraction of sp³-hybridized carbons (Fsp3) is 0. The Morgan fingerprint density at radius 1 is 1.00 bits per heavy atom. The summed E-state index contributed by atoms with van der Waals surface area (Å²) in [5.74, 6) is 0. The Hall–Kier alpha value is 2.42. The zero-order chi connectivity index (χ0) is 0. The Balaban J connectivity index is 0. The van der Waals surface area contributed by atoms with Crippen molar-refractivity contribution in [2.75, 3.05) is 0 Å². The Morgan fingerprint density at radius 3 is 1.00 bits per heavy atom. The molecular weight excluding hydrogens is 109 g/mol. The molecule has 0 fully saturated rings. The smallest absolute Gasteiger partial charge is 0.316 e. The predicted molar refractivity (Wildman–Crippen MR) is 33.2 cm³/mol. The molecule has 0 aromatic heterocycles. The molecule has 0 amide bonds. The molecule has 0 bridgehead atoms. The summed E-state index contributed by atoms with van der Waals surface area (Å²) < 4.78 is 0. The van der Waals surface area contributed by atoms with E-state index < -0.39 is 0 Å². The van der Waals surface area contributed by atoms with Crippen molar-refractivity contribution in [1.82, 2.24) is 6.15 Å². The largest absolute Gasteiger partial charge is 0.316 e. The third-order valence-electron chi connectivity index (χ3n) is 0. The van der Waals surface area contributed by atoms with Crippen molar-refractivity contribution in [2.45, 2.75) is 0 Å². The van der Waals surface area contributed by atoms with Crippen molar-refractivity contribution in [3.8, 4) is 0 Å². The summed E-state index contributed by atoms with van der Waals surface area (Å²) in [5.41, 5.74) is 0. The molecule has 1 atom stereocenters. The second kappa shape index (κ2) is 18.1. The predicted octanol–water partition coefficient (Wildman–Crippen LogP) is -1.61. The van der Waals surface area contributed by atoms with Gasteiger partial charge in [-0.2, -0.15) is 9.90 Å². The van der Waals surface area contributed by atoms with E-state index in [0.29, 0.717) is 0 Å². The molecule has 0 radical (unpaired) electrons. The molecule has 0 aromatic rings. The average molecular weight is 119 g/mol. The van der Waals surface area contributed by atoms with Crippen LogP contribution in [0.5, 0.6) is 0 Å². The molecule has 0 spiro atoms. The van der Waals surface area contributed by atoms with Crippen molar-refractivity contribution in [3.63, 3.8) is 0 Å². The van der Waals surface area contributed by atoms with Crippen LogP contribution in [0.3, 0.4) is 0 Å². The van der Waals surface area contributed by atoms with Gasteiger partial charge in [-0.1, -0.05) is 0 Å². The Kier molecular flexibility index (Phi) is 146. The van der Waals surface area contributed by atoms with Crippen molar-refractivity contribution in [1.29, 1.82) is 0 Å². The summed E-state index contributed by atoms with van der Waals surface area (Å²) in [4.78, 5) is 0. The third-order valence-corrected chi connectivity index (χ3v) is 0. The summed E-state index contributed by atoms with van der Waals surface area (Å²) in [7, 11) is 0. The molecule has 0 aliphatic carbocycles. The van der Waals surface area contributed by atoms with Crippen LogP contribution in [0, 0.1) is 0 Å². The molecule has 1 unspecified atom stereocenters. The van der Waals surface area contributed by atoms with Crippen LogP contribution in [0.1, 0.15) is 0 Å². The van der Waals surface area contributed by atoms with E-state index in [-0.39, 0.29) is 76.8 Å². The van der Waals surface area contributed by atoms with E-state index in [1.807, 2.05) is 0 Å². The molecule has 0 aromatic carbocycles. The van der Waals surface area contributed by atoms with Gasteiger partial charge in [0.2, 0.25) is 0 Å². The first-order chi connectivity index (χ1) is 0. The van der Waals surface area contributed by atoms with E-state index in [2.05, 4.69) is 0 Å². The van der Waals surface area contributed by atoms with Gasteiger partial charge in [-0.3, -0.25) is 0 Å². The van der Waals surface area contributed by atoms with Gasteiger partial charge in [-0.25, -0.2) is 0 Å². The summed E-state index contributed by atoms with van der Waals surface area (Å²) in [6, 6.07) is 0. The summed E-state index contributed by atoms with van der Waals surface area (Å²) >= 11 is 0. The van der Waals surface area contributed by atoms with Crippen molar-refractivity contribution in [3.05, 3.63) is 0 Å². The van der Waals surface area contributed by atoms with Gasteiger partial charge < -0.3 is 6.15 Å². The van der Waals surface area contributed by atoms with Gasteiger partial charge in [0.05, 0.1) is 0 Å². The molecule has 1 nitrogen and oxygen atoms in total. The van der Waals surface area contributed by atoms with E-state index in [4.69, 9.17) is 0 Å². The molecule has 0 aliphatic heterocycles. The SMILES string of the molecule is N.P.[CaH2].[MgH2]. The molecule has 0 saturated heterocycles. The molecule has 0 rings (SSSR count). The van der Waals surface area contributed by atoms with E-state index in [0.717, 1.165) is 0 Å². The topological polar surface area (TPSA) is 35.0 Å². The summed E-state index contributed by atoms with van der Waals surface area (Å²) in [5, 5.41) is 0. The van der Waals surface area contributed by atoms with Crippen LogP contribution in [-0.4, -0.2) is 60.8 Å². The monoisotopic (exact) mass is 119 g/mol. The summed E-state index contributed by atoms with van der Waals surface area (Å²) in [6.45, 7) is 0. The van der Waals surface area contributed by atoms with Gasteiger partial charge in [0.1, 0.15) is 0 Å². The van der Waals surface area contributed by atoms with Crippen molar-refractivity contribution in [2.24, 2.45) is 0 Å². The van der Waals surface area contributed by atoms with Gasteiger partial charge >= 0.3 is 60.8 Å². The number of hydrogen-bond acceptors (Lipinski definition) is 1. The first-order valence-electron chi connectivity index (χ1n) is 0. The quantitative estimate of drug-likeness (QED) is 0.302. The van der Waals surface area contributed by atoms with Gasteiger partial charge in [0.25, 0.3) is 0 Å². The molecule has 0 heterocycles. The van der Waals surface area contributed by atoms with Gasteiger partial charge in [0, 0.05) is 0 Å². The van der Waals surface area contributed by atoms with Gasteiger partial charge in [-0.15, -0.1) is 0 Å². The van der Waals surface area contributed by atoms with Crippen LogP contribution < -0.4 is 6.15 Å². The van der Waals surface area contributed by atoms with E-state index in [1.54, 1.807) is 0 Å². The molecule has 24 valence electrons. The molecular formula is H10CaMgNP. The zero-order valence-corrected chi connectivity index (χ0v) is 2.83. The van der Waals surface area contributed by atoms with E-state index in [9.17, 15) is 0 Å². The van der Waals surface area contributed by atoms with E-state index in [1.165, 1.54) is 0 Å². The Bertz CT molecular complexity index is 8.00. The fourth-order valence-corrected chi connectivity index (χ4v) is 0. The van der Waals surface area contributed by atoms with Crippen LogP contribution in [0.15, 0.2) is 0 Å². The van der Waals surface area contributed by atoms with Gasteiger partial charge in [-0.05, 0) is 0 Å². The van der Waals surface area contributed by atoms with E-state index >= 15 is 0 Å². The maximum atomic E-state index is 0. The van der Waals surface area contributed by atoms with Crippen molar-refractivity contribution < 1.29 is 0 Å². The molecule has 0 aliphatic rings. The minimum absolute atomic E-state index is 0. The second-order valence-corrected chi connectivity index (χ2v) is 0. The molecule has 4 heteroatoms. The molecule has 3 N–H and O–H groups in total. The first kappa shape index (κ1) is 32.2. The third kappa shape index (κ3) is 8.83. The normalized spacial score (nSPS) is 0. The summed E-state index contributed by atoms with van der Waals surface area (Å²) in [6.07, 6.45) is 0. The van der Waals surface area contributed by atoms with Crippen LogP contribution in [-0.2, 0) is 0 Å². The van der Waals surface area contributed by atoms with Crippen LogP contribution in [0.25, 0.3) is 0 Å². The maximum Gasteiger partial charge on any atom is 0.316 e. The van der Waals surface area contributed by atoms with Crippen LogP contribution in [0.2, 0.25) is 0 Å². The standard InChI is InChI=1S/Ca.Mg.H3N.H3P.4H/h;;2*1H3;;;;. The Labute approximate surface area is 75.6 Å². The van der Waals surface area contributed by atoms with Crippen LogP contribution >= 0.6 is 9.90 Å². The molecule has 0 saturated carbocycles. The first-order valence-corrected chi connectivity index (χ1v) is 0. The number of hydrogen-bond donors (Lipinski definition) is 1. The maximum absolute atomic E-state index is 0. The number of rotatable bonds is 0. The second-order valence-electron chi connectivity index (χ2n) is 0. The fourth-order valence-electron chi connectivity index (χ4n) is 0. The average Bonchev–Trinajstić information content (AvgIpc) is 0. The minimum atomic E-state index is 0. The zero-order valence-electron chi connectivity index (χ0n) is 1.41. The molecule has 4 heavy (non-hydrogen) atoms. The Morgan fingerprint density at radius 2 is 1.00 bits per heavy atom. The van der Waals surface area contributed by atoms with Crippen molar-refractivity contribution >= 4 is 70.7 Å². The minimum Gasteiger partial charge on any atom is 0.316 e. The van der Waals surface area contributed by atoms with Crippen LogP contribution in [0.4, 0.5) is 0 Å². The van der Waals surface area contributed by atoms with Gasteiger partial charge in [0.15, 0.2) is 0 Å².